The molecule has 4 aliphatic rings. The minimum atomic E-state index is -1.61. The molecular formula is C26H41NO4Si. The first kappa shape index (κ1) is 23.7. The average molecular weight is 460 g/mol. The number of methoxy groups -OCH3 is 1. The summed E-state index contributed by atoms with van der Waals surface area (Å²) in [5, 5.41) is 4.15. The molecule has 178 valence electrons. The van der Waals surface area contributed by atoms with Gasteiger partial charge in [-0.3, -0.25) is 0 Å². The molecule has 0 bridgehead atoms. The fourth-order valence-corrected chi connectivity index (χ4v) is 9.24. The van der Waals surface area contributed by atoms with E-state index in [1.165, 1.54) is 44.8 Å². The Morgan fingerprint density at radius 1 is 1.12 bits per heavy atom. The highest BCUT2D eigenvalue weighted by Gasteiger charge is 2.63. The van der Waals surface area contributed by atoms with Crippen molar-refractivity contribution < 1.29 is 18.8 Å². The number of oxime groups is 1. The van der Waals surface area contributed by atoms with Crippen LogP contribution in [0, 0.1) is 28.6 Å². The van der Waals surface area contributed by atoms with Gasteiger partial charge in [0.25, 0.3) is 0 Å². The van der Waals surface area contributed by atoms with E-state index in [9.17, 15) is 4.79 Å². The Hall–Kier alpha value is -1.40. The lowest BCUT2D eigenvalue weighted by molar-refractivity contribution is -0.145. The molecule has 6 atom stereocenters. The number of esters is 1. The van der Waals surface area contributed by atoms with E-state index in [1.807, 2.05) is 0 Å². The molecule has 0 amide bonds. The van der Waals surface area contributed by atoms with Crippen molar-refractivity contribution in [1.82, 2.24) is 0 Å². The van der Waals surface area contributed by atoms with Gasteiger partial charge in [-0.25, -0.2) is 4.79 Å². The summed E-state index contributed by atoms with van der Waals surface area (Å²) in [6.07, 6.45) is 14.0. The van der Waals surface area contributed by atoms with Crippen LogP contribution in [0.15, 0.2) is 29.0 Å². The maximum absolute atomic E-state index is 11.3. The summed E-state index contributed by atoms with van der Waals surface area (Å²) in [5.74, 6) is 1.75. The SMILES string of the molecule is COC(=O)CO/N=C1/C=C[C@@]2(C)C(=C1)CC[C@@H]1[C@@H]2CC[C@@]2(C)[C@H]1CCC2(C)O[Si](C)(C)C. The monoisotopic (exact) mass is 459 g/mol. The molecule has 0 spiro atoms. The van der Waals surface area contributed by atoms with Gasteiger partial charge in [-0.15, -0.1) is 0 Å². The quantitative estimate of drug-likeness (QED) is 0.293. The Morgan fingerprint density at radius 2 is 1.84 bits per heavy atom. The van der Waals surface area contributed by atoms with E-state index in [4.69, 9.17) is 9.26 Å². The van der Waals surface area contributed by atoms with Crippen LogP contribution < -0.4 is 0 Å². The van der Waals surface area contributed by atoms with Crippen LogP contribution in [-0.2, 0) is 18.8 Å². The highest BCUT2D eigenvalue weighted by molar-refractivity contribution is 6.69. The molecule has 4 aliphatic carbocycles. The Bertz CT molecular complexity index is 858. The van der Waals surface area contributed by atoms with Crippen molar-refractivity contribution in [2.75, 3.05) is 13.7 Å². The number of carbonyl (C=O) groups is 1. The van der Waals surface area contributed by atoms with E-state index < -0.39 is 14.3 Å². The van der Waals surface area contributed by atoms with Gasteiger partial charge < -0.3 is 14.0 Å². The highest BCUT2D eigenvalue weighted by atomic mass is 28.4. The van der Waals surface area contributed by atoms with Crippen molar-refractivity contribution in [2.45, 2.75) is 84.5 Å². The topological polar surface area (TPSA) is 57.1 Å². The Morgan fingerprint density at radius 3 is 2.53 bits per heavy atom. The van der Waals surface area contributed by atoms with Gasteiger partial charge in [-0.2, -0.15) is 0 Å². The number of carbonyl (C=O) groups excluding carboxylic acids is 1. The lowest BCUT2D eigenvalue weighted by Crippen LogP contribution is -2.56. The maximum Gasteiger partial charge on any atom is 0.346 e. The molecule has 1 unspecified atom stereocenters. The standard InChI is InChI=1S/C26H41NO4Si/c1-24-13-10-19(27-30-17-23(28)29-4)16-18(24)8-9-20-21(24)11-14-25(2)22(20)12-15-26(25,3)31-32(5,6)7/h10,13,16,20-22H,8-9,11-12,14-15,17H2,1-7H3/b27-19-/t20-,21+,22+,24+,25+,26?/m1/s1. The number of rotatable bonds is 5. The van der Waals surface area contributed by atoms with Crippen LogP contribution in [0.4, 0.5) is 0 Å². The molecule has 4 rings (SSSR count). The predicted octanol–water partition coefficient (Wildman–Crippen LogP) is 5.88. The van der Waals surface area contributed by atoms with Gasteiger partial charge in [0.2, 0.25) is 6.61 Å². The molecule has 32 heavy (non-hydrogen) atoms. The molecule has 0 aromatic rings. The number of allylic oxidation sites excluding steroid dienone is 4. The first-order valence-corrected chi connectivity index (χ1v) is 15.7. The number of hydrogen-bond acceptors (Lipinski definition) is 5. The maximum atomic E-state index is 11.3. The van der Waals surface area contributed by atoms with Gasteiger partial charge in [-0.1, -0.05) is 30.7 Å². The van der Waals surface area contributed by atoms with E-state index in [0.717, 1.165) is 24.0 Å². The lowest BCUT2D eigenvalue weighted by atomic mass is 9.47. The Balaban J connectivity index is 1.53. The molecular weight excluding hydrogens is 418 g/mol. The summed E-state index contributed by atoms with van der Waals surface area (Å²) in [4.78, 5) is 16.5. The zero-order valence-electron chi connectivity index (χ0n) is 21.0. The third-order valence-electron chi connectivity index (χ3n) is 9.21. The van der Waals surface area contributed by atoms with Crippen LogP contribution in [0.5, 0.6) is 0 Å². The van der Waals surface area contributed by atoms with Gasteiger partial charge >= 0.3 is 5.97 Å². The first-order chi connectivity index (χ1) is 14.9. The van der Waals surface area contributed by atoms with Gasteiger partial charge in [0.1, 0.15) is 5.71 Å². The van der Waals surface area contributed by atoms with E-state index in [1.54, 1.807) is 0 Å². The number of hydrogen-bond donors (Lipinski definition) is 0. The molecule has 3 fully saturated rings. The molecule has 0 radical (unpaired) electrons. The van der Waals surface area contributed by atoms with E-state index >= 15 is 0 Å². The van der Waals surface area contributed by atoms with Crippen LogP contribution >= 0.6 is 0 Å². The van der Waals surface area contributed by atoms with Crippen LogP contribution in [0.2, 0.25) is 19.6 Å². The molecule has 0 saturated heterocycles. The normalized spacial score (nSPS) is 42.0. The summed E-state index contributed by atoms with van der Waals surface area (Å²) in [6, 6.07) is 0. The Labute approximate surface area is 194 Å². The van der Waals surface area contributed by atoms with Crippen molar-refractivity contribution in [1.29, 1.82) is 0 Å². The summed E-state index contributed by atoms with van der Waals surface area (Å²) >= 11 is 0. The van der Waals surface area contributed by atoms with Crippen LogP contribution in [0.3, 0.4) is 0 Å². The van der Waals surface area contributed by atoms with Crippen molar-refractivity contribution in [2.24, 2.45) is 33.7 Å². The molecule has 5 nitrogen and oxygen atoms in total. The molecule has 0 heterocycles. The largest absolute Gasteiger partial charge is 0.466 e. The van der Waals surface area contributed by atoms with Crippen molar-refractivity contribution in [3.8, 4) is 0 Å². The fourth-order valence-electron chi connectivity index (χ4n) is 7.55. The molecule has 6 heteroatoms. The third kappa shape index (κ3) is 3.91. The number of fused-ring (bicyclic) bond motifs is 5. The Kier molecular flexibility index (Phi) is 6.03. The average Bonchev–Trinajstić information content (AvgIpc) is 2.97. The summed E-state index contributed by atoms with van der Waals surface area (Å²) in [6.45, 7) is 14.2. The molecule has 0 aromatic carbocycles. The first-order valence-electron chi connectivity index (χ1n) is 12.3. The van der Waals surface area contributed by atoms with Gasteiger partial charge in [0, 0.05) is 5.41 Å². The molecule has 0 aromatic heterocycles. The lowest BCUT2D eigenvalue weighted by Gasteiger charge is -2.59. The van der Waals surface area contributed by atoms with Crippen molar-refractivity contribution in [3.63, 3.8) is 0 Å². The molecule has 0 aliphatic heterocycles. The number of ether oxygens (including phenoxy) is 1. The van der Waals surface area contributed by atoms with E-state index in [2.05, 4.69) is 68.5 Å². The van der Waals surface area contributed by atoms with E-state index in [0.29, 0.717) is 5.92 Å². The van der Waals surface area contributed by atoms with Crippen LogP contribution in [0.1, 0.15) is 59.3 Å². The van der Waals surface area contributed by atoms with Gasteiger partial charge in [0.05, 0.1) is 12.7 Å². The summed E-state index contributed by atoms with van der Waals surface area (Å²) in [7, 11) is -0.255. The van der Waals surface area contributed by atoms with Gasteiger partial charge in [-0.05, 0) is 100 Å². The van der Waals surface area contributed by atoms with E-state index in [-0.39, 0.29) is 23.0 Å². The van der Waals surface area contributed by atoms with Crippen molar-refractivity contribution >= 4 is 20.0 Å². The third-order valence-corrected chi connectivity index (χ3v) is 10.3. The second-order valence-corrected chi connectivity index (χ2v) is 16.4. The minimum Gasteiger partial charge on any atom is -0.466 e. The highest BCUT2D eigenvalue weighted by Crippen LogP contribution is 2.67. The predicted molar refractivity (Wildman–Crippen MR) is 130 cm³/mol. The second-order valence-electron chi connectivity index (χ2n) is 12.0. The summed E-state index contributed by atoms with van der Waals surface area (Å²) < 4.78 is 11.5. The summed E-state index contributed by atoms with van der Waals surface area (Å²) in [5.41, 5.74) is 2.63. The second kappa shape index (κ2) is 8.12. The number of nitrogens with zero attached hydrogens (tertiary/aromatic N) is 1. The van der Waals surface area contributed by atoms with Crippen molar-refractivity contribution in [3.05, 3.63) is 23.8 Å². The minimum absolute atomic E-state index is 0.0172. The smallest absolute Gasteiger partial charge is 0.346 e. The zero-order chi connectivity index (χ0) is 23.4. The molecule has 3 saturated carbocycles. The zero-order valence-corrected chi connectivity index (χ0v) is 22.0. The molecule has 0 N–H and O–H groups in total. The van der Waals surface area contributed by atoms with Crippen LogP contribution in [0.25, 0.3) is 0 Å². The fraction of sp³-hybridized carbons (Fsp3) is 0.769. The van der Waals surface area contributed by atoms with Crippen LogP contribution in [-0.4, -0.2) is 39.3 Å². The van der Waals surface area contributed by atoms with Gasteiger partial charge in [0.15, 0.2) is 8.32 Å².